The van der Waals surface area contributed by atoms with Gasteiger partial charge in [0.15, 0.2) is 11.9 Å². The standard InChI is InChI=1S/C20H16ClO2S/c1-14(22)18-10-11-19(24-18)20(16-8-5-9-17(21)12-16)23-13-15-6-3-2-4-7-15/h2-12H,13H2,1H3. The zero-order chi connectivity index (χ0) is 16.9. The third-order valence-electron chi connectivity index (χ3n) is 3.49. The molecule has 0 saturated heterocycles. The van der Waals surface area contributed by atoms with E-state index in [1.807, 2.05) is 66.7 Å². The molecule has 3 aromatic rings. The molecule has 24 heavy (non-hydrogen) atoms. The average Bonchev–Trinajstić information content (AvgIpc) is 3.06. The van der Waals surface area contributed by atoms with Crippen LogP contribution < -0.4 is 0 Å². The van der Waals surface area contributed by atoms with Crippen LogP contribution in [0.15, 0.2) is 66.7 Å². The van der Waals surface area contributed by atoms with E-state index in [1.54, 1.807) is 6.92 Å². The molecule has 1 heterocycles. The van der Waals surface area contributed by atoms with E-state index >= 15 is 0 Å². The maximum atomic E-state index is 11.6. The molecular formula is C20H16ClO2S. The molecule has 1 radical (unpaired) electrons. The van der Waals surface area contributed by atoms with Crippen LogP contribution in [-0.4, -0.2) is 5.78 Å². The number of benzene rings is 2. The van der Waals surface area contributed by atoms with Crippen molar-refractivity contribution in [2.45, 2.75) is 13.5 Å². The van der Waals surface area contributed by atoms with Gasteiger partial charge < -0.3 is 4.74 Å². The molecule has 121 valence electrons. The Morgan fingerprint density at radius 3 is 2.42 bits per heavy atom. The van der Waals surface area contributed by atoms with Crippen LogP contribution in [0.4, 0.5) is 0 Å². The maximum Gasteiger partial charge on any atom is 0.169 e. The summed E-state index contributed by atoms with van der Waals surface area (Å²) in [5.74, 6) is 0.0553. The fraction of sp³-hybridized carbons (Fsp3) is 0.100. The molecule has 3 rings (SSSR count). The summed E-state index contributed by atoms with van der Waals surface area (Å²) >= 11 is 7.56. The van der Waals surface area contributed by atoms with Crippen LogP contribution in [0, 0.1) is 6.10 Å². The molecule has 1 aromatic heterocycles. The van der Waals surface area contributed by atoms with Crippen LogP contribution in [0.2, 0.25) is 5.02 Å². The van der Waals surface area contributed by atoms with Crippen molar-refractivity contribution in [3.05, 3.63) is 98.7 Å². The number of Topliss-reactive ketones (excluding diaryl/α,β-unsaturated/α-hetero) is 1. The summed E-state index contributed by atoms with van der Waals surface area (Å²) in [7, 11) is 0. The van der Waals surface area contributed by atoms with E-state index in [-0.39, 0.29) is 5.78 Å². The molecule has 0 aliphatic carbocycles. The first-order valence-electron chi connectivity index (χ1n) is 7.54. The van der Waals surface area contributed by atoms with Crippen LogP contribution in [0.1, 0.15) is 32.6 Å². The lowest BCUT2D eigenvalue weighted by atomic mass is 10.1. The summed E-state index contributed by atoms with van der Waals surface area (Å²) in [6, 6.07) is 21.3. The van der Waals surface area contributed by atoms with E-state index in [4.69, 9.17) is 16.3 Å². The summed E-state index contributed by atoms with van der Waals surface area (Å²) in [5, 5.41) is 0.650. The highest BCUT2D eigenvalue weighted by molar-refractivity contribution is 7.14. The summed E-state index contributed by atoms with van der Waals surface area (Å²) in [6.07, 6.45) is 0.735. The number of carbonyl (C=O) groups is 1. The number of ether oxygens (including phenoxy) is 1. The van der Waals surface area contributed by atoms with Crippen molar-refractivity contribution in [2.75, 3.05) is 0 Å². The molecule has 0 N–H and O–H groups in total. The second-order valence-electron chi connectivity index (χ2n) is 5.33. The lowest BCUT2D eigenvalue weighted by Crippen LogP contribution is -2.06. The third-order valence-corrected chi connectivity index (χ3v) is 4.91. The van der Waals surface area contributed by atoms with Crippen molar-refractivity contribution in [1.82, 2.24) is 0 Å². The number of carbonyl (C=O) groups excluding carboxylic acids is 1. The molecule has 2 aromatic carbocycles. The number of hydrogen-bond donors (Lipinski definition) is 0. The molecule has 0 amide bonds. The van der Waals surface area contributed by atoms with Crippen LogP contribution in [0.5, 0.6) is 0 Å². The normalized spacial score (nSPS) is 11.0. The van der Waals surface area contributed by atoms with E-state index in [9.17, 15) is 4.79 Å². The SMILES string of the molecule is CC(=O)c1ccc([C](OCc2ccccc2)c2cccc(Cl)c2)s1. The second-order valence-corrected chi connectivity index (χ2v) is 6.85. The Hall–Kier alpha value is -1.94. The fourth-order valence-electron chi connectivity index (χ4n) is 2.31. The predicted octanol–water partition coefficient (Wildman–Crippen LogP) is 5.75. The van der Waals surface area contributed by atoms with E-state index in [0.717, 1.165) is 22.1 Å². The molecule has 0 unspecified atom stereocenters. The van der Waals surface area contributed by atoms with Crippen molar-refractivity contribution in [3.8, 4) is 0 Å². The molecule has 0 aliphatic rings. The lowest BCUT2D eigenvalue weighted by molar-refractivity contribution is 0.102. The van der Waals surface area contributed by atoms with Crippen molar-refractivity contribution in [2.24, 2.45) is 0 Å². The minimum atomic E-state index is 0.0553. The van der Waals surface area contributed by atoms with E-state index < -0.39 is 0 Å². The number of halogens is 1. The first kappa shape index (κ1) is 16.9. The average molecular weight is 356 g/mol. The van der Waals surface area contributed by atoms with Gasteiger partial charge in [-0.2, -0.15) is 0 Å². The monoisotopic (exact) mass is 355 g/mol. The molecular weight excluding hydrogens is 340 g/mol. The van der Waals surface area contributed by atoms with Crippen molar-refractivity contribution < 1.29 is 9.53 Å². The molecule has 0 fully saturated rings. The highest BCUT2D eigenvalue weighted by atomic mass is 35.5. The molecule has 0 atom stereocenters. The van der Waals surface area contributed by atoms with Gasteiger partial charge in [-0.05, 0) is 42.3 Å². The van der Waals surface area contributed by atoms with Gasteiger partial charge >= 0.3 is 0 Å². The summed E-state index contributed by atoms with van der Waals surface area (Å²) in [6.45, 7) is 2.02. The zero-order valence-corrected chi connectivity index (χ0v) is 14.7. The molecule has 0 aliphatic heterocycles. The highest BCUT2D eigenvalue weighted by Crippen LogP contribution is 2.32. The summed E-state index contributed by atoms with van der Waals surface area (Å²) in [5.41, 5.74) is 1.98. The fourth-order valence-corrected chi connectivity index (χ4v) is 3.42. The Morgan fingerprint density at radius 1 is 1.00 bits per heavy atom. The van der Waals surface area contributed by atoms with Crippen LogP contribution >= 0.6 is 22.9 Å². The van der Waals surface area contributed by atoms with Gasteiger partial charge in [-0.25, -0.2) is 0 Å². The van der Waals surface area contributed by atoms with Gasteiger partial charge in [0.05, 0.1) is 11.5 Å². The van der Waals surface area contributed by atoms with Crippen molar-refractivity contribution in [3.63, 3.8) is 0 Å². The Kier molecular flexibility index (Phi) is 5.46. The van der Waals surface area contributed by atoms with E-state index in [2.05, 4.69) is 0 Å². The minimum Gasteiger partial charge on any atom is -0.356 e. The summed E-state index contributed by atoms with van der Waals surface area (Å²) < 4.78 is 6.11. The third kappa shape index (κ3) is 4.12. The minimum absolute atomic E-state index is 0.0553. The number of thiophene rings is 1. The van der Waals surface area contributed by atoms with E-state index in [0.29, 0.717) is 16.5 Å². The van der Waals surface area contributed by atoms with E-state index in [1.165, 1.54) is 11.3 Å². The van der Waals surface area contributed by atoms with Gasteiger partial charge in [-0.3, -0.25) is 4.79 Å². The van der Waals surface area contributed by atoms with Crippen molar-refractivity contribution in [1.29, 1.82) is 0 Å². The largest absolute Gasteiger partial charge is 0.356 e. The Morgan fingerprint density at radius 2 is 1.75 bits per heavy atom. The van der Waals surface area contributed by atoms with Gasteiger partial charge in [0.25, 0.3) is 0 Å². The molecule has 4 heteroatoms. The number of ketones is 1. The molecule has 0 saturated carbocycles. The Balaban J connectivity index is 1.89. The predicted molar refractivity (Wildman–Crippen MR) is 98.5 cm³/mol. The van der Waals surface area contributed by atoms with Gasteiger partial charge in [-0.1, -0.05) is 54.1 Å². The molecule has 0 spiro atoms. The first-order valence-corrected chi connectivity index (χ1v) is 8.73. The Bertz CT molecular complexity index is 826. The topological polar surface area (TPSA) is 26.3 Å². The number of hydrogen-bond acceptors (Lipinski definition) is 3. The number of rotatable bonds is 6. The van der Waals surface area contributed by atoms with Gasteiger partial charge in [0.1, 0.15) is 0 Å². The van der Waals surface area contributed by atoms with Gasteiger partial charge in [0, 0.05) is 9.90 Å². The second kappa shape index (κ2) is 7.75. The quantitative estimate of drug-likeness (QED) is 0.526. The maximum absolute atomic E-state index is 11.6. The zero-order valence-electron chi connectivity index (χ0n) is 13.2. The lowest BCUT2D eigenvalue weighted by Gasteiger charge is -2.16. The van der Waals surface area contributed by atoms with Gasteiger partial charge in [0.2, 0.25) is 0 Å². The van der Waals surface area contributed by atoms with Crippen molar-refractivity contribution >= 4 is 28.7 Å². The highest BCUT2D eigenvalue weighted by Gasteiger charge is 2.20. The molecule has 0 bridgehead atoms. The Labute approximate surface area is 150 Å². The smallest absolute Gasteiger partial charge is 0.169 e. The first-order chi connectivity index (χ1) is 11.6. The van der Waals surface area contributed by atoms with Crippen LogP contribution in [-0.2, 0) is 11.3 Å². The van der Waals surface area contributed by atoms with Gasteiger partial charge in [-0.15, -0.1) is 11.3 Å². The summed E-state index contributed by atoms with van der Waals surface area (Å²) in [4.78, 5) is 13.2. The van der Waals surface area contributed by atoms with Crippen LogP contribution in [0.3, 0.4) is 0 Å². The molecule has 2 nitrogen and oxygen atoms in total. The van der Waals surface area contributed by atoms with Crippen LogP contribution in [0.25, 0.3) is 0 Å².